The fourth-order valence-corrected chi connectivity index (χ4v) is 3.45. The van der Waals surface area contributed by atoms with E-state index in [0.717, 1.165) is 0 Å². The molecule has 0 unspecified atom stereocenters. The van der Waals surface area contributed by atoms with Crippen LogP contribution in [0.3, 0.4) is 0 Å². The van der Waals surface area contributed by atoms with Gasteiger partial charge in [0.25, 0.3) is 0 Å². The van der Waals surface area contributed by atoms with E-state index in [1.54, 1.807) is 0 Å². The average Bonchev–Trinajstić information content (AvgIpc) is 2.89. The second-order valence-electron chi connectivity index (χ2n) is 4.86. The summed E-state index contributed by atoms with van der Waals surface area (Å²) in [7, 11) is 0. The van der Waals surface area contributed by atoms with Gasteiger partial charge < -0.3 is 14.9 Å². The number of nitrogens with one attached hydrogen (secondary N) is 1. The van der Waals surface area contributed by atoms with Crippen LogP contribution in [0.4, 0.5) is 0 Å². The molecule has 3 aliphatic heterocycles. The maximum absolute atomic E-state index is 11.7. The molecule has 6 nitrogen and oxygen atoms in total. The predicted octanol–water partition coefficient (Wildman–Crippen LogP) is -1.84. The van der Waals surface area contributed by atoms with Crippen molar-refractivity contribution in [2.24, 2.45) is 11.8 Å². The molecule has 88 valence electrons. The van der Waals surface area contributed by atoms with E-state index >= 15 is 0 Å². The number of aliphatic hydroxyl groups is 2. The molecule has 0 radical (unpaired) electrons. The Morgan fingerprint density at radius 2 is 1.56 bits per heavy atom. The Hall–Kier alpha value is -0.980. The second kappa shape index (κ2) is 2.82. The molecule has 0 aromatic carbocycles. The average molecular weight is 227 g/mol. The SMILES string of the molecule is O=C1NC(=O)[C@H]2[C@@H]1[C@@]1(CO)CC[C@]2(CO)O1. The van der Waals surface area contributed by atoms with Gasteiger partial charge in [-0.1, -0.05) is 0 Å². The fraction of sp³-hybridized carbons (Fsp3) is 0.800. The van der Waals surface area contributed by atoms with Gasteiger partial charge in [-0.15, -0.1) is 0 Å². The Kier molecular flexibility index (Phi) is 1.80. The molecule has 3 N–H and O–H groups in total. The number of hydrogen-bond donors (Lipinski definition) is 3. The number of fused-ring (bicyclic) bond motifs is 5. The Balaban J connectivity index is 2.10. The molecular formula is C10H13NO5. The van der Waals surface area contributed by atoms with Gasteiger partial charge in [0.2, 0.25) is 11.8 Å². The van der Waals surface area contributed by atoms with Crippen LogP contribution in [0.1, 0.15) is 12.8 Å². The van der Waals surface area contributed by atoms with Gasteiger partial charge in [0.1, 0.15) is 11.2 Å². The minimum Gasteiger partial charge on any atom is -0.393 e. The van der Waals surface area contributed by atoms with Gasteiger partial charge in [0, 0.05) is 0 Å². The lowest BCUT2D eigenvalue weighted by Crippen LogP contribution is -2.45. The van der Waals surface area contributed by atoms with Gasteiger partial charge >= 0.3 is 0 Å². The van der Waals surface area contributed by atoms with Crippen LogP contribution in [-0.4, -0.2) is 46.4 Å². The van der Waals surface area contributed by atoms with Gasteiger partial charge in [0.05, 0.1) is 25.0 Å². The van der Waals surface area contributed by atoms with E-state index in [-0.39, 0.29) is 25.0 Å². The molecule has 4 atom stereocenters. The molecule has 3 rings (SSSR count). The summed E-state index contributed by atoms with van der Waals surface area (Å²) in [6.07, 6.45) is 1.01. The van der Waals surface area contributed by atoms with E-state index < -0.39 is 23.0 Å². The molecule has 16 heavy (non-hydrogen) atoms. The summed E-state index contributed by atoms with van der Waals surface area (Å²) in [5.41, 5.74) is -1.94. The molecule has 2 bridgehead atoms. The Morgan fingerprint density at radius 1 is 1.12 bits per heavy atom. The molecule has 0 aromatic rings. The Labute approximate surface area is 91.6 Å². The van der Waals surface area contributed by atoms with Gasteiger partial charge in [-0.05, 0) is 12.8 Å². The van der Waals surface area contributed by atoms with Gasteiger partial charge in [-0.2, -0.15) is 0 Å². The van der Waals surface area contributed by atoms with Gasteiger partial charge in [-0.25, -0.2) is 0 Å². The van der Waals surface area contributed by atoms with Gasteiger partial charge in [-0.3, -0.25) is 14.9 Å². The maximum Gasteiger partial charge on any atom is 0.233 e. The van der Waals surface area contributed by atoms with Gasteiger partial charge in [0.15, 0.2) is 0 Å². The van der Waals surface area contributed by atoms with Crippen molar-refractivity contribution in [3.63, 3.8) is 0 Å². The lowest BCUT2D eigenvalue weighted by Gasteiger charge is -2.29. The summed E-state index contributed by atoms with van der Waals surface area (Å²) in [6.45, 7) is -0.590. The minimum atomic E-state index is -0.969. The number of carbonyl (C=O) groups is 2. The first kappa shape index (κ1) is 10.2. The highest BCUT2D eigenvalue weighted by Crippen LogP contribution is 2.58. The number of ether oxygens (including phenoxy) is 1. The van der Waals surface area contributed by atoms with E-state index in [1.165, 1.54) is 0 Å². The van der Waals surface area contributed by atoms with Crippen molar-refractivity contribution in [2.75, 3.05) is 13.2 Å². The third kappa shape index (κ3) is 0.888. The standard InChI is InChI=1S/C10H13NO5/c12-3-9-1-2-10(4-13,16-9)6-5(9)7(14)11-8(6)15/h5-6,12-13H,1-4H2,(H,11,14,15)/t5-,6+,9-,10+. The highest BCUT2D eigenvalue weighted by molar-refractivity contribution is 6.07. The first-order chi connectivity index (χ1) is 7.58. The topological polar surface area (TPSA) is 95.9 Å². The zero-order valence-corrected chi connectivity index (χ0v) is 8.60. The largest absolute Gasteiger partial charge is 0.393 e. The zero-order valence-electron chi connectivity index (χ0n) is 8.60. The summed E-state index contributed by atoms with van der Waals surface area (Å²) in [5.74, 6) is -2.07. The highest BCUT2D eigenvalue weighted by atomic mass is 16.6. The molecule has 6 heteroatoms. The van der Waals surface area contributed by atoms with Crippen LogP contribution in [0, 0.1) is 11.8 Å². The quantitative estimate of drug-likeness (QED) is 0.482. The van der Waals surface area contributed by atoms with E-state index in [2.05, 4.69) is 5.32 Å². The van der Waals surface area contributed by atoms with Crippen molar-refractivity contribution in [3.8, 4) is 0 Å². The third-order valence-electron chi connectivity index (χ3n) is 4.19. The summed E-state index contributed by atoms with van der Waals surface area (Å²) < 4.78 is 5.67. The van der Waals surface area contributed by atoms with Crippen molar-refractivity contribution in [3.05, 3.63) is 0 Å². The lowest BCUT2D eigenvalue weighted by atomic mass is 9.68. The molecular weight excluding hydrogens is 214 g/mol. The molecule has 3 saturated heterocycles. The smallest absolute Gasteiger partial charge is 0.233 e. The van der Waals surface area contributed by atoms with Crippen LogP contribution in [0.5, 0.6) is 0 Å². The minimum absolute atomic E-state index is 0.295. The highest BCUT2D eigenvalue weighted by Gasteiger charge is 2.73. The number of hydrogen-bond acceptors (Lipinski definition) is 5. The zero-order chi connectivity index (χ0) is 11.6. The van der Waals surface area contributed by atoms with Crippen LogP contribution in [-0.2, 0) is 14.3 Å². The van der Waals surface area contributed by atoms with Crippen LogP contribution in [0.25, 0.3) is 0 Å². The Morgan fingerprint density at radius 3 is 1.94 bits per heavy atom. The summed E-state index contributed by atoms with van der Waals surface area (Å²) in [5, 5.41) is 21.1. The van der Waals surface area contributed by atoms with Crippen molar-refractivity contribution in [1.82, 2.24) is 5.32 Å². The van der Waals surface area contributed by atoms with Crippen molar-refractivity contribution in [1.29, 1.82) is 0 Å². The number of amides is 2. The first-order valence-corrected chi connectivity index (χ1v) is 5.35. The second-order valence-corrected chi connectivity index (χ2v) is 4.86. The Bertz CT molecular complexity index is 349. The molecule has 3 heterocycles. The van der Waals surface area contributed by atoms with Crippen LogP contribution < -0.4 is 5.32 Å². The van der Waals surface area contributed by atoms with Crippen molar-refractivity contribution in [2.45, 2.75) is 24.0 Å². The fourth-order valence-electron chi connectivity index (χ4n) is 3.45. The third-order valence-corrected chi connectivity index (χ3v) is 4.19. The molecule has 3 aliphatic rings. The van der Waals surface area contributed by atoms with E-state index in [9.17, 15) is 19.8 Å². The molecule has 0 aromatic heterocycles. The van der Waals surface area contributed by atoms with E-state index in [0.29, 0.717) is 12.8 Å². The summed E-state index contributed by atoms with van der Waals surface area (Å²) >= 11 is 0. The summed E-state index contributed by atoms with van der Waals surface area (Å²) in [4.78, 5) is 23.3. The maximum atomic E-state index is 11.7. The molecule has 0 spiro atoms. The van der Waals surface area contributed by atoms with E-state index in [4.69, 9.17) is 4.74 Å². The number of imide groups is 1. The van der Waals surface area contributed by atoms with Crippen molar-refractivity contribution < 1.29 is 24.5 Å². The number of rotatable bonds is 2. The molecule has 2 amide bonds. The van der Waals surface area contributed by atoms with E-state index in [1.807, 2.05) is 0 Å². The molecule has 0 aliphatic carbocycles. The summed E-state index contributed by atoms with van der Waals surface area (Å²) in [6, 6.07) is 0. The molecule has 0 saturated carbocycles. The predicted molar refractivity (Wildman–Crippen MR) is 50.1 cm³/mol. The number of aliphatic hydroxyl groups excluding tert-OH is 2. The normalized spacial score (nSPS) is 49.6. The lowest BCUT2D eigenvalue weighted by molar-refractivity contribution is -0.141. The molecule has 3 fully saturated rings. The monoisotopic (exact) mass is 227 g/mol. The van der Waals surface area contributed by atoms with Crippen LogP contribution in [0.2, 0.25) is 0 Å². The van der Waals surface area contributed by atoms with Crippen LogP contribution in [0.15, 0.2) is 0 Å². The van der Waals surface area contributed by atoms with Crippen molar-refractivity contribution >= 4 is 11.8 Å². The first-order valence-electron chi connectivity index (χ1n) is 5.35. The number of carbonyl (C=O) groups excluding carboxylic acids is 2. The van der Waals surface area contributed by atoms with Crippen LogP contribution >= 0.6 is 0 Å².